The van der Waals surface area contributed by atoms with Crippen molar-refractivity contribution >= 4 is 38.9 Å². The number of hydrogen-bond donors (Lipinski definition) is 2. The number of halogens is 1. The minimum atomic E-state index is -0.965. The first-order valence-corrected chi connectivity index (χ1v) is 7.85. The average molecular weight is 354 g/mol. The first-order valence-electron chi connectivity index (χ1n) is 6.25. The molecule has 0 unspecified atom stereocenters. The number of nitrogens with two attached hydrogens (primary N) is 1. The number of carbonyl (C=O) groups is 1. The van der Waals surface area contributed by atoms with E-state index in [-0.39, 0.29) is 10.8 Å². The summed E-state index contributed by atoms with van der Waals surface area (Å²) in [6, 6.07) is 6.00. The first kappa shape index (κ1) is 15.1. The SMILES string of the molecule is Cc1ccc(Br)cc1-c1sc(C(=O)O)c(N)c1C(C)C. The molecule has 3 nitrogen and oxygen atoms in total. The quantitative estimate of drug-likeness (QED) is 0.825. The van der Waals surface area contributed by atoms with E-state index in [1.54, 1.807) is 0 Å². The third-order valence-electron chi connectivity index (χ3n) is 3.20. The molecule has 0 bridgehead atoms. The van der Waals surface area contributed by atoms with Crippen LogP contribution in [0.5, 0.6) is 0 Å². The summed E-state index contributed by atoms with van der Waals surface area (Å²) in [6.45, 7) is 6.07. The van der Waals surface area contributed by atoms with E-state index in [1.165, 1.54) is 11.3 Å². The Bertz CT molecular complexity index is 677. The summed E-state index contributed by atoms with van der Waals surface area (Å²) in [5.41, 5.74) is 9.51. The Balaban J connectivity index is 2.76. The number of anilines is 1. The van der Waals surface area contributed by atoms with Crippen LogP contribution in [0.1, 0.15) is 40.6 Å². The molecule has 106 valence electrons. The van der Waals surface area contributed by atoms with Gasteiger partial charge in [0, 0.05) is 9.35 Å². The van der Waals surface area contributed by atoms with Crippen LogP contribution in [0.2, 0.25) is 0 Å². The van der Waals surface area contributed by atoms with Crippen molar-refractivity contribution in [3.05, 3.63) is 38.7 Å². The molecule has 0 aliphatic carbocycles. The molecule has 0 atom stereocenters. The molecule has 5 heteroatoms. The van der Waals surface area contributed by atoms with Gasteiger partial charge in [0.05, 0.1) is 5.69 Å². The maximum atomic E-state index is 11.3. The van der Waals surface area contributed by atoms with Gasteiger partial charge in [-0.3, -0.25) is 0 Å². The predicted molar refractivity (Wildman–Crippen MR) is 87.7 cm³/mol. The van der Waals surface area contributed by atoms with Crippen molar-refractivity contribution in [1.29, 1.82) is 0 Å². The molecule has 1 heterocycles. The highest BCUT2D eigenvalue weighted by atomic mass is 79.9. The van der Waals surface area contributed by atoms with Crippen LogP contribution in [-0.4, -0.2) is 11.1 Å². The highest BCUT2D eigenvalue weighted by Crippen LogP contribution is 2.44. The van der Waals surface area contributed by atoms with Gasteiger partial charge >= 0.3 is 5.97 Å². The van der Waals surface area contributed by atoms with Gasteiger partial charge in [-0.05, 0) is 41.7 Å². The number of nitrogen functional groups attached to an aromatic ring is 1. The second-order valence-electron chi connectivity index (χ2n) is 5.01. The molecular formula is C15H16BrNO2S. The summed E-state index contributed by atoms with van der Waals surface area (Å²) in [5, 5.41) is 9.28. The fourth-order valence-electron chi connectivity index (χ4n) is 2.23. The number of carboxylic acids is 1. The minimum Gasteiger partial charge on any atom is -0.477 e. The van der Waals surface area contributed by atoms with Crippen LogP contribution < -0.4 is 5.73 Å². The Morgan fingerprint density at radius 1 is 1.40 bits per heavy atom. The van der Waals surface area contributed by atoms with Crippen molar-refractivity contribution in [3.8, 4) is 10.4 Å². The Morgan fingerprint density at radius 2 is 2.05 bits per heavy atom. The number of carboxylic acid groups (broad SMARTS) is 1. The third kappa shape index (κ3) is 2.60. The van der Waals surface area contributed by atoms with Gasteiger partial charge in [-0.2, -0.15) is 0 Å². The molecule has 0 saturated carbocycles. The summed E-state index contributed by atoms with van der Waals surface area (Å²) in [5.74, 6) is -0.791. The lowest BCUT2D eigenvalue weighted by molar-refractivity contribution is 0.0703. The van der Waals surface area contributed by atoms with Crippen LogP contribution in [0.25, 0.3) is 10.4 Å². The normalized spacial score (nSPS) is 11.1. The maximum Gasteiger partial charge on any atom is 0.348 e. The lowest BCUT2D eigenvalue weighted by atomic mass is 9.96. The van der Waals surface area contributed by atoms with Crippen molar-refractivity contribution in [1.82, 2.24) is 0 Å². The molecule has 1 aromatic carbocycles. The van der Waals surface area contributed by atoms with Crippen LogP contribution in [-0.2, 0) is 0 Å². The van der Waals surface area contributed by atoms with Gasteiger partial charge in [0.25, 0.3) is 0 Å². The van der Waals surface area contributed by atoms with Crippen LogP contribution in [0.15, 0.2) is 22.7 Å². The summed E-state index contributed by atoms with van der Waals surface area (Å²) in [7, 11) is 0. The monoisotopic (exact) mass is 353 g/mol. The Kier molecular flexibility index (Phi) is 4.20. The van der Waals surface area contributed by atoms with E-state index in [2.05, 4.69) is 15.9 Å². The Hall–Kier alpha value is -1.33. The van der Waals surface area contributed by atoms with Crippen molar-refractivity contribution in [3.63, 3.8) is 0 Å². The highest BCUT2D eigenvalue weighted by Gasteiger charge is 2.24. The zero-order chi connectivity index (χ0) is 15.0. The van der Waals surface area contributed by atoms with E-state index < -0.39 is 5.97 Å². The number of thiophene rings is 1. The molecule has 20 heavy (non-hydrogen) atoms. The van der Waals surface area contributed by atoms with Gasteiger partial charge in [-0.25, -0.2) is 4.79 Å². The zero-order valence-corrected chi connectivity index (χ0v) is 13.9. The standard InChI is InChI=1S/C15H16BrNO2S/c1-7(2)11-12(17)14(15(18)19)20-13(11)10-6-9(16)5-4-8(10)3/h4-7H,17H2,1-3H3,(H,18,19). The lowest BCUT2D eigenvalue weighted by Gasteiger charge is -2.11. The van der Waals surface area contributed by atoms with Crippen LogP contribution in [0, 0.1) is 6.92 Å². The number of benzene rings is 1. The second kappa shape index (κ2) is 5.58. The largest absolute Gasteiger partial charge is 0.477 e. The summed E-state index contributed by atoms with van der Waals surface area (Å²) in [4.78, 5) is 12.5. The number of hydrogen-bond acceptors (Lipinski definition) is 3. The number of aromatic carboxylic acids is 1. The Morgan fingerprint density at radius 3 is 2.60 bits per heavy atom. The maximum absolute atomic E-state index is 11.3. The third-order valence-corrected chi connectivity index (χ3v) is 4.94. The van der Waals surface area contributed by atoms with E-state index >= 15 is 0 Å². The number of aryl methyl sites for hydroxylation is 1. The molecule has 1 aromatic heterocycles. The molecule has 0 spiro atoms. The van der Waals surface area contributed by atoms with Gasteiger partial charge in [-0.15, -0.1) is 11.3 Å². The van der Waals surface area contributed by atoms with E-state index in [9.17, 15) is 9.90 Å². The molecular weight excluding hydrogens is 338 g/mol. The first-order chi connectivity index (χ1) is 9.32. The summed E-state index contributed by atoms with van der Waals surface area (Å²) >= 11 is 4.72. The van der Waals surface area contributed by atoms with Crippen LogP contribution in [0.4, 0.5) is 5.69 Å². The molecule has 0 amide bonds. The van der Waals surface area contributed by atoms with Crippen LogP contribution >= 0.6 is 27.3 Å². The fourth-order valence-corrected chi connectivity index (χ4v) is 3.89. The molecule has 2 aromatic rings. The van der Waals surface area contributed by atoms with Gasteiger partial charge in [0.1, 0.15) is 4.88 Å². The lowest BCUT2D eigenvalue weighted by Crippen LogP contribution is -2.00. The smallest absolute Gasteiger partial charge is 0.348 e. The van der Waals surface area contributed by atoms with Gasteiger partial charge in [-0.1, -0.05) is 35.8 Å². The van der Waals surface area contributed by atoms with Gasteiger partial charge in [0.15, 0.2) is 0 Å². The predicted octanol–water partition coefficient (Wildman–Crippen LogP) is 4.89. The van der Waals surface area contributed by atoms with Crippen molar-refractivity contribution in [2.24, 2.45) is 0 Å². The second-order valence-corrected chi connectivity index (χ2v) is 6.94. The summed E-state index contributed by atoms with van der Waals surface area (Å²) < 4.78 is 0.969. The molecule has 3 N–H and O–H groups in total. The molecule has 0 saturated heterocycles. The topological polar surface area (TPSA) is 63.3 Å². The van der Waals surface area contributed by atoms with E-state index in [1.807, 2.05) is 39.0 Å². The van der Waals surface area contributed by atoms with Gasteiger partial charge in [0.2, 0.25) is 0 Å². The van der Waals surface area contributed by atoms with Crippen LogP contribution in [0.3, 0.4) is 0 Å². The van der Waals surface area contributed by atoms with Gasteiger partial charge < -0.3 is 10.8 Å². The fraction of sp³-hybridized carbons (Fsp3) is 0.267. The molecule has 0 fully saturated rings. The van der Waals surface area contributed by atoms with Crippen molar-refractivity contribution in [2.75, 3.05) is 5.73 Å². The molecule has 0 aliphatic heterocycles. The molecule has 0 aliphatic rings. The van der Waals surface area contributed by atoms with E-state index in [0.29, 0.717) is 5.69 Å². The molecule has 0 radical (unpaired) electrons. The molecule has 2 rings (SSSR count). The van der Waals surface area contributed by atoms with E-state index in [4.69, 9.17) is 5.73 Å². The minimum absolute atomic E-state index is 0.174. The summed E-state index contributed by atoms with van der Waals surface area (Å²) in [6.07, 6.45) is 0. The highest BCUT2D eigenvalue weighted by molar-refractivity contribution is 9.10. The van der Waals surface area contributed by atoms with Crippen molar-refractivity contribution in [2.45, 2.75) is 26.7 Å². The van der Waals surface area contributed by atoms with E-state index in [0.717, 1.165) is 26.0 Å². The zero-order valence-electron chi connectivity index (χ0n) is 11.5. The Labute approximate surface area is 130 Å². The number of rotatable bonds is 3. The average Bonchev–Trinajstić information content (AvgIpc) is 2.70. The van der Waals surface area contributed by atoms with Crippen molar-refractivity contribution < 1.29 is 9.90 Å².